The van der Waals surface area contributed by atoms with Gasteiger partial charge >= 0.3 is 5.97 Å². The molecule has 17 heavy (non-hydrogen) atoms. The van der Waals surface area contributed by atoms with Gasteiger partial charge in [-0.1, -0.05) is 56.2 Å². The fourth-order valence-corrected chi connectivity index (χ4v) is 1.28. The normalized spacial score (nSPS) is 11.1. The number of carbonyl (C=O) groups is 1. The van der Waals surface area contributed by atoms with Gasteiger partial charge in [-0.05, 0) is 18.1 Å². The molecular formula is C15H18O2. The van der Waals surface area contributed by atoms with Gasteiger partial charge in [0.05, 0.1) is 6.26 Å². The highest BCUT2D eigenvalue weighted by Crippen LogP contribution is 2.01. The van der Waals surface area contributed by atoms with Crippen LogP contribution in [0.5, 0.6) is 0 Å². The third-order valence-electron chi connectivity index (χ3n) is 2.22. The maximum atomic E-state index is 11.2. The van der Waals surface area contributed by atoms with Crippen molar-refractivity contribution in [2.45, 2.75) is 26.2 Å². The van der Waals surface area contributed by atoms with Crippen LogP contribution in [-0.2, 0) is 9.53 Å². The van der Waals surface area contributed by atoms with Crippen LogP contribution in [0.15, 0.2) is 48.7 Å². The van der Waals surface area contributed by atoms with Crippen LogP contribution in [-0.4, -0.2) is 5.97 Å². The molecule has 1 aromatic carbocycles. The lowest BCUT2D eigenvalue weighted by Crippen LogP contribution is -1.93. The third-order valence-corrected chi connectivity index (χ3v) is 2.22. The summed E-state index contributed by atoms with van der Waals surface area (Å²) in [7, 11) is 0. The molecule has 90 valence electrons. The largest absolute Gasteiger partial charge is 0.431 e. The molecule has 0 fully saturated rings. The molecule has 0 radical (unpaired) electrons. The minimum Gasteiger partial charge on any atom is -0.431 e. The summed E-state index contributed by atoms with van der Waals surface area (Å²) in [6.45, 7) is 2.12. The van der Waals surface area contributed by atoms with E-state index in [0.717, 1.165) is 24.8 Å². The van der Waals surface area contributed by atoms with Gasteiger partial charge in [-0.3, -0.25) is 0 Å². The van der Waals surface area contributed by atoms with Crippen molar-refractivity contribution in [3.63, 3.8) is 0 Å². The van der Waals surface area contributed by atoms with Crippen LogP contribution >= 0.6 is 0 Å². The molecule has 0 saturated heterocycles. The Kier molecular flexibility index (Phi) is 6.49. The predicted molar refractivity (Wildman–Crippen MR) is 70.2 cm³/mol. The first kappa shape index (κ1) is 13.2. The molecule has 0 spiro atoms. The third kappa shape index (κ3) is 6.36. The molecule has 0 bridgehead atoms. The van der Waals surface area contributed by atoms with Crippen LogP contribution in [0.3, 0.4) is 0 Å². The molecule has 0 aliphatic heterocycles. The molecule has 0 N–H and O–H groups in total. The molecule has 0 aromatic heterocycles. The van der Waals surface area contributed by atoms with Crippen molar-refractivity contribution in [2.24, 2.45) is 0 Å². The number of benzene rings is 1. The van der Waals surface area contributed by atoms with Crippen molar-refractivity contribution in [3.05, 3.63) is 54.3 Å². The van der Waals surface area contributed by atoms with Gasteiger partial charge in [0.1, 0.15) is 0 Å². The average Bonchev–Trinajstić information content (AvgIpc) is 2.36. The van der Waals surface area contributed by atoms with Crippen molar-refractivity contribution >= 4 is 12.0 Å². The minimum atomic E-state index is -0.326. The van der Waals surface area contributed by atoms with Gasteiger partial charge < -0.3 is 4.74 Å². The average molecular weight is 230 g/mol. The fraction of sp³-hybridized carbons (Fsp3) is 0.267. The first-order valence-electron chi connectivity index (χ1n) is 5.91. The van der Waals surface area contributed by atoms with E-state index in [4.69, 9.17) is 4.74 Å². The summed E-state index contributed by atoms with van der Waals surface area (Å²) in [4.78, 5) is 11.2. The number of hydrogen-bond acceptors (Lipinski definition) is 2. The Labute approximate surface area is 103 Å². The zero-order valence-corrected chi connectivity index (χ0v) is 10.1. The summed E-state index contributed by atoms with van der Waals surface area (Å²) < 4.78 is 4.92. The maximum Gasteiger partial charge on any atom is 0.335 e. The second-order valence-corrected chi connectivity index (χ2v) is 3.69. The number of hydrogen-bond donors (Lipinski definition) is 0. The number of carbonyl (C=O) groups excluding carboxylic acids is 1. The van der Waals surface area contributed by atoms with E-state index in [1.807, 2.05) is 36.4 Å². The molecule has 0 atom stereocenters. The van der Waals surface area contributed by atoms with Gasteiger partial charge in [-0.15, -0.1) is 0 Å². The smallest absolute Gasteiger partial charge is 0.335 e. The Hall–Kier alpha value is -1.83. The van der Waals surface area contributed by atoms with Gasteiger partial charge in [0, 0.05) is 6.08 Å². The van der Waals surface area contributed by atoms with Gasteiger partial charge in [0.25, 0.3) is 0 Å². The number of esters is 1. The van der Waals surface area contributed by atoms with E-state index in [2.05, 4.69) is 6.92 Å². The van der Waals surface area contributed by atoms with Crippen molar-refractivity contribution in [3.8, 4) is 0 Å². The number of rotatable bonds is 6. The molecule has 0 heterocycles. The molecular weight excluding hydrogens is 212 g/mol. The van der Waals surface area contributed by atoms with Gasteiger partial charge in [0.2, 0.25) is 0 Å². The number of unbranched alkanes of at least 4 members (excludes halogenated alkanes) is 2. The highest BCUT2D eigenvalue weighted by Gasteiger charge is 1.92. The molecule has 1 rings (SSSR count). The summed E-state index contributed by atoms with van der Waals surface area (Å²) in [6, 6.07) is 9.71. The first-order chi connectivity index (χ1) is 8.33. The van der Waals surface area contributed by atoms with Crippen LogP contribution in [0.1, 0.15) is 31.7 Å². The van der Waals surface area contributed by atoms with E-state index in [0.29, 0.717) is 0 Å². The number of ether oxygens (including phenoxy) is 1. The van der Waals surface area contributed by atoms with Crippen LogP contribution in [0.4, 0.5) is 0 Å². The van der Waals surface area contributed by atoms with E-state index in [1.165, 1.54) is 12.3 Å². The topological polar surface area (TPSA) is 26.3 Å². The molecule has 0 unspecified atom stereocenters. The lowest BCUT2D eigenvalue weighted by Gasteiger charge is -1.94. The van der Waals surface area contributed by atoms with Gasteiger partial charge in [-0.25, -0.2) is 4.79 Å². The SMILES string of the molecule is CCCCC=CC(=O)OC=Cc1ccccc1. The van der Waals surface area contributed by atoms with E-state index < -0.39 is 0 Å². The van der Waals surface area contributed by atoms with Crippen LogP contribution in [0, 0.1) is 0 Å². The minimum absolute atomic E-state index is 0.326. The first-order valence-corrected chi connectivity index (χ1v) is 5.91. The molecule has 0 aliphatic carbocycles. The van der Waals surface area contributed by atoms with Gasteiger partial charge in [0.15, 0.2) is 0 Å². The fourth-order valence-electron chi connectivity index (χ4n) is 1.28. The van der Waals surface area contributed by atoms with Crippen molar-refractivity contribution in [2.75, 3.05) is 0 Å². The van der Waals surface area contributed by atoms with Crippen LogP contribution in [0.2, 0.25) is 0 Å². The van der Waals surface area contributed by atoms with Crippen LogP contribution < -0.4 is 0 Å². The molecule has 2 heteroatoms. The van der Waals surface area contributed by atoms with Crippen molar-refractivity contribution in [1.82, 2.24) is 0 Å². The summed E-state index contributed by atoms with van der Waals surface area (Å²) in [5.74, 6) is -0.326. The van der Waals surface area contributed by atoms with E-state index in [-0.39, 0.29) is 5.97 Å². The predicted octanol–water partition coefficient (Wildman–Crippen LogP) is 3.95. The Morgan fingerprint density at radius 2 is 2.06 bits per heavy atom. The standard InChI is InChI=1S/C15H18O2/c1-2-3-4-8-11-15(16)17-13-12-14-9-6-5-7-10-14/h5-13H,2-4H2,1H3. The monoisotopic (exact) mass is 230 g/mol. The van der Waals surface area contributed by atoms with Crippen molar-refractivity contribution in [1.29, 1.82) is 0 Å². The van der Waals surface area contributed by atoms with E-state index in [9.17, 15) is 4.79 Å². The molecule has 0 saturated carbocycles. The van der Waals surface area contributed by atoms with Crippen LogP contribution in [0.25, 0.3) is 6.08 Å². The Bertz CT molecular complexity index is 377. The Morgan fingerprint density at radius 1 is 1.29 bits per heavy atom. The molecule has 2 nitrogen and oxygen atoms in total. The highest BCUT2D eigenvalue weighted by atomic mass is 16.5. The molecule has 1 aromatic rings. The van der Waals surface area contributed by atoms with Gasteiger partial charge in [-0.2, -0.15) is 0 Å². The van der Waals surface area contributed by atoms with E-state index in [1.54, 1.807) is 6.08 Å². The maximum absolute atomic E-state index is 11.2. The molecule has 0 amide bonds. The zero-order valence-electron chi connectivity index (χ0n) is 10.1. The molecule has 0 aliphatic rings. The Morgan fingerprint density at radius 3 is 2.76 bits per heavy atom. The summed E-state index contributed by atoms with van der Waals surface area (Å²) >= 11 is 0. The summed E-state index contributed by atoms with van der Waals surface area (Å²) in [5, 5.41) is 0. The highest BCUT2D eigenvalue weighted by molar-refractivity contribution is 5.82. The second-order valence-electron chi connectivity index (χ2n) is 3.69. The number of allylic oxidation sites excluding steroid dienone is 1. The quantitative estimate of drug-likeness (QED) is 0.320. The van der Waals surface area contributed by atoms with Crippen molar-refractivity contribution < 1.29 is 9.53 Å². The second kappa shape index (κ2) is 8.34. The van der Waals surface area contributed by atoms with E-state index >= 15 is 0 Å². The lowest BCUT2D eigenvalue weighted by atomic mass is 10.2. The lowest BCUT2D eigenvalue weighted by molar-refractivity contribution is -0.132. The summed E-state index contributed by atoms with van der Waals surface area (Å²) in [5.41, 5.74) is 1.01. The zero-order chi connectivity index (χ0) is 12.3. The summed E-state index contributed by atoms with van der Waals surface area (Å²) in [6.07, 6.45) is 9.66. The Balaban J connectivity index is 2.28.